The standard InChI is InChI=1S/C18H23N3O3S2/c22-26(23,18-6-3-15-25-18)21-10-9-20(16-4-1-2-5-17(16)21)8-7-19-11-13-24-14-12-19/h1-6,15H,7-14H2. The molecule has 0 aliphatic carbocycles. The van der Waals surface area contributed by atoms with Gasteiger partial charge in [0.25, 0.3) is 10.0 Å². The molecule has 2 aromatic rings. The number of sulfonamides is 1. The summed E-state index contributed by atoms with van der Waals surface area (Å²) in [4.78, 5) is 4.70. The van der Waals surface area contributed by atoms with Crippen LogP contribution in [0.5, 0.6) is 0 Å². The second kappa shape index (κ2) is 7.56. The minimum absolute atomic E-state index is 0.397. The zero-order valence-electron chi connectivity index (χ0n) is 14.6. The molecule has 1 aromatic carbocycles. The molecule has 4 rings (SSSR count). The molecule has 26 heavy (non-hydrogen) atoms. The van der Waals surface area contributed by atoms with Crippen molar-refractivity contribution < 1.29 is 13.2 Å². The van der Waals surface area contributed by atoms with E-state index in [1.807, 2.05) is 24.3 Å². The highest BCUT2D eigenvalue weighted by molar-refractivity contribution is 7.94. The molecule has 0 bridgehead atoms. The summed E-state index contributed by atoms with van der Waals surface area (Å²) in [6.45, 7) is 6.56. The Morgan fingerprint density at radius 1 is 0.923 bits per heavy atom. The van der Waals surface area contributed by atoms with Gasteiger partial charge in [-0.1, -0.05) is 18.2 Å². The van der Waals surface area contributed by atoms with E-state index in [4.69, 9.17) is 4.74 Å². The quantitative estimate of drug-likeness (QED) is 0.779. The fraction of sp³-hybridized carbons (Fsp3) is 0.444. The Balaban J connectivity index is 1.55. The van der Waals surface area contributed by atoms with Gasteiger partial charge in [0, 0.05) is 32.7 Å². The largest absolute Gasteiger partial charge is 0.379 e. The maximum absolute atomic E-state index is 13.0. The van der Waals surface area contributed by atoms with E-state index in [-0.39, 0.29) is 0 Å². The van der Waals surface area contributed by atoms with E-state index in [9.17, 15) is 8.42 Å². The average Bonchev–Trinajstić information content (AvgIpc) is 3.22. The van der Waals surface area contributed by atoms with Crippen molar-refractivity contribution in [3.8, 4) is 0 Å². The maximum atomic E-state index is 13.0. The van der Waals surface area contributed by atoms with Crippen LogP contribution in [0.1, 0.15) is 0 Å². The van der Waals surface area contributed by atoms with Gasteiger partial charge in [-0.2, -0.15) is 0 Å². The van der Waals surface area contributed by atoms with E-state index in [0.29, 0.717) is 17.3 Å². The monoisotopic (exact) mass is 393 g/mol. The fourth-order valence-corrected chi connectivity index (χ4v) is 6.06. The van der Waals surface area contributed by atoms with Crippen LogP contribution >= 0.6 is 11.3 Å². The number of morpholine rings is 1. The van der Waals surface area contributed by atoms with Gasteiger partial charge >= 0.3 is 0 Å². The number of para-hydroxylation sites is 2. The Hall–Kier alpha value is -1.61. The van der Waals surface area contributed by atoms with E-state index in [0.717, 1.165) is 50.8 Å². The number of benzene rings is 1. The third-order valence-corrected chi connectivity index (χ3v) is 8.08. The van der Waals surface area contributed by atoms with Gasteiger partial charge in [-0.25, -0.2) is 8.42 Å². The normalized spacial score (nSPS) is 18.8. The SMILES string of the molecule is O=S(=O)(c1cccs1)N1CCN(CCN2CCOCC2)c2ccccc21. The van der Waals surface area contributed by atoms with E-state index in [2.05, 4.69) is 9.80 Å². The summed E-state index contributed by atoms with van der Waals surface area (Å²) in [6.07, 6.45) is 0. The minimum Gasteiger partial charge on any atom is -0.379 e. The summed E-state index contributed by atoms with van der Waals surface area (Å²) in [6, 6.07) is 11.3. The first-order chi connectivity index (χ1) is 12.7. The smallest absolute Gasteiger partial charge is 0.273 e. The van der Waals surface area contributed by atoms with Gasteiger partial charge in [-0.05, 0) is 23.6 Å². The number of thiophene rings is 1. The van der Waals surface area contributed by atoms with Crippen molar-refractivity contribution in [3.05, 3.63) is 41.8 Å². The number of rotatable bonds is 5. The summed E-state index contributed by atoms with van der Waals surface area (Å²) in [5, 5.41) is 1.80. The molecule has 0 unspecified atom stereocenters. The summed E-state index contributed by atoms with van der Waals surface area (Å²) in [5.41, 5.74) is 1.77. The molecule has 0 spiro atoms. The Labute approximate surface area is 158 Å². The van der Waals surface area contributed by atoms with Crippen LogP contribution in [0.2, 0.25) is 0 Å². The van der Waals surface area contributed by atoms with Crippen LogP contribution in [0, 0.1) is 0 Å². The first-order valence-electron chi connectivity index (χ1n) is 8.86. The molecule has 0 radical (unpaired) electrons. The topological polar surface area (TPSA) is 53.1 Å². The first-order valence-corrected chi connectivity index (χ1v) is 11.2. The fourth-order valence-electron chi connectivity index (χ4n) is 3.48. The van der Waals surface area contributed by atoms with Crippen molar-refractivity contribution in [3.63, 3.8) is 0 Å². The minimum atomic E-state index is -3.49. The number of hydrogen-bond acceptors (Lipinski definition) is 6. The summed E-state index contributed by atoms with van der Waals surface area (Å²) in [5.74, 6) is 0. The van der Waals surface area contributed by atoms with Gasteiger partial charge in [0.05, 0.1) is 31.1 Å². The van der Waals surface area contributed by atoms with Crippen LogP contribution < -0.4 is 9.21 Å². The zero-order chi connectivity index (χ0) is 18.0. The van der Waals surface area contributed by atoms with Crippen molar-refractivity contribution in [2.75, 3.05) is 61.7 Å². The van der Waals surface area contributed by atoms with Crippen LogP contribution in [0.25, 0.3) is 0 Å². The molecule has 1 fully saturated rings. The van der Waals surface area contributed by atoms with Gasteiger partial charge in [0.1, 0.15) is 4.21 Å². The molecule has 3 heterocycles. The number of hydrogen-bond donors (Lipinski definition) is 0. The van der Waals surface area contributed by atoms with Crippen LogP contribution in [0.3, 0.4) is 0 Å². The van der Waals surface area contributed by atoms with Gasteiger partial charge in [0.2, 0.25) is 0 Å². The Kier molecular flexibility index (Phi) is 5.17. The average molecular weight is 394 g/mol. The van der Waals surface area contributed by atoms with Crippen molar-refractivity contribution in [2.24, 2.45) is 0 Å². The third-order valence-electron chi connectivity index (χ3n) is 4.89. The van der Waals surface area contributed by atoms with Gasteiger partial charge in [0.15, 0.2) is 0 Å². The zero-order valence-corrected chi connectivity index (χ0v) is 16.2. The highest BCUT2D eigenvalue weighted by Crippen LogP contribution is 2.36. The van der Waals surface area contributed by atoms with Crippen LogP contribution in [-0.2, 0) is 14.8 Å². The van der Waals surface area contributed by atoms with Crippen LogP contribution in [0.4, 0.5) is 11.4 Å². The lowest BCUT2D eigenvalue weighted by Gasteiger charge is -2.39. The molecular formula is C18H23N3O3S2. The number of ether oxygens (including phenoxy) is 1. The number of anilines is 2. The predicted octanol–water partition coefficient (Wildman–Crippen LogP) is 2.10. The Morgan fingerprint density at radius 2 is 1.69 bits per heavy atom. The first kappa shape index (κ1) is 17.8. The number of nitrogens with zero attached hydrogens (tertiary/aromatic N) is 3. The lowest BCUT2D eigenvalue weighted by Crippen LogP contribution is -2.47. The highest BCUT2D eigenvalue weighted by Gasteiger charge is 2.32. The second-order valence-electron chi connectivity index (χ2n) is 6.44. The highest BCUT2D eigenvalue weighted by atomic mass is 32.2. The molecule has 6 nitrogen and oxygen atoms in total. The van der Waals surface area contributed by atoms with E-state index >= 15 is 0 Å². The molecule has 8 heteroatoms. The predicted molar refractivity (Wildman–Crippen MR) is 105 cm³/mol. The molecule has 0 amide bonds. The van der Waals surface area contributed by atoms with Gasteiger partial charge in [-0.15, -0.1) is 11.3 Å². The van der Waals surface area contributed by atoms with Crippen molar-refractivity contribution in [2.45, 2.75) is 4.21 Å². The lowest BCUT2D eigenvalue weighted by atomic mass is 10.2. The molecule has 2 aliphatic heterocycles. The molecule has 0 atom stereocenters. The molecule has 1 aromatic heterocycles. The van der Waals surface area contributed by atoms with Gasteiger partial charge < -0.3 is 9.64 Å². The molecule has 140 valence electrons. The second-order valence-corrected chi connectivity index (χ2v) is 9.48. The van der Waals surface area contributed by atoms with Crippen molar-refractivity contribution in [1.29, 1.82) is 0 Å². The molecule has 2 aliphatic rings. The third kappa shape index (κ3) is 3.46. The molecular weight excluding hydrogens is 370 g/mol. The van der Waals surface area contributed by atoms with E-state index < -0.39 is 10.0 Å². The van der Waals surface area contributed by atoms with Crippen molar-refractivity contribution >= 4 is 32.7 Å². The lowest BCUT2D eigenvalue weighted by molar-refractivity contribution is 0.0392. The van der Waals surface area contributed by atoms with E-state index in [1.54, 1.807) is 21.8 Å². The maximum Gasteiger partial charge on any atom is 0.273 e. The van der Waals surface area contributed by atoms with Gasteiger partial charge in [-0.3, -0.25) is 9.21 Å². The molecule has 0 saturated carbocycles. The van der Waals surface area contributed by atoms with Crippen LogP contribution in [-0.4, -0.2) is 65.8 Å². The Morgan fingerprint density at radius 3 is 2.42 bits per heavy atom. The summed E-state index contributed by atoms with van der Waals surface area (Å²) < 4.78 is 33.4. The van der Waals surface area contributed by atoms with Crippen molar-refractivity contribution in [1.82, 2.24) is 4.90 Å². The number of fused-ring (bicyclic) bond motifs is 1. The summed E-state index contributed by atoms with van der Waals surface area (Å²) in [7, 11) is -3.49. The van der Waals surface area contributed by atoms with E-state index in [1.165, 1.54) is 11.3 Å². The summed E-state index contributed by atoms with van der Waals surface area (Å²) >= 11 is 1.27. The molecule has 0 N–H and O–H groups in total. The Bertz CT molecular complexity index is 833. The van der Waals surface area contributed by atoms with Crippen LogP contribution in [0.15, 0.2) is 46.0 Å². The molecule has 1 saturated heterocycles.